The Hall–Kier alpha value is -2.20. The van der Waals surface area contributed by atoms with Crippen molar-refractivity contribution in [1.29, 1.82) is 0 Å². The molecule has 2 N–H and O–H groups in total. The predicted octanol–water partition coefficient (Wildman–Crippen LogP) is 2.56. The maximum atomic E-state index is 12.6. The number of hydrogen-bond acceptors (Lipinski definition) is 4. The third kappa shape index (κ3) is 3.22. The zero-order valence-electron chi connectivity index (χ0n) is 11.7. The summed E-state index contributed by atoms with van der Waals surface area (Å²) in [5.41, 5.74) is 7.37. The van der Waals surface area contributed by atoms with E-state index in [1.165, 1.54) is 0 Å². The molecule has 20 heavy (non-hydrogen) atoms. The third-order valence-electron chi connectivity index (χ3n) is 2.78. The SMILES string of the molecule is CC(C)Oc1ccccc1C(=O)c1ccnc(CN)c1. The molecule has 0 radical (unpaired) electrons. The first kappa shape index (κ1) is 14.2. The molecule has 1 aromatic heterocycles. The van der Waals surface area contributed by atoms with Gasteiger partial charge in [0.25, 0.3) is 0 Å². The Balaban J connectivity index is 2.37. The van der Waals surface area contributed by atoms with E-state index in [4.69, 9.17) is 10.5 Å². The van der Waals surface area contributed by atoms with Crippen LogP contribution in [0.1, 0.15) is 35.5 Å². The van der Waals surface area contributed by atoms with Gasteiger partial charge in [-0.3, -0.25) is 9.78 Å². The summed E-state index contributed by atoms with van der Waals surface area (Å²) in [5, 5.41) is 0. The number of carbonyl (C=O) groups excluding carboxylic acids is 1. The molecule has 4 heteroatoms. The molecule has 0 aliphatic heterocycles. The van der Waals surface area contributed by atoms with E-state index in [0.717, 1.165) is 0 Å². The van der Waals surface area contributed by atoms with Crippen LogP contribution in [0, 0.1) is 0 Å². The highest BCUT2D eigenvalue weighted by Gasteiger charge is 2.15. The number of para-hydroxylation sites is 1. The molecule has 0 aliphatic carbocycles. The van der Waals surface area contributed by atoms with Gasteiger partial charge in [0.15, 0.2) is 5.78 Å². The van der Waals surface area contributed by atoms with Gasteiger partial charge in [0.05, 0.1) is 17.4 Å². The van der Waals surface area contributed by atoms with Crippen LogP contribution in [0.3, 0.4) is 0 Å². The van der Waals surface area contributed by atoms with E-state index in [0.29, 0.717) is 29.1 Å². The average molecular weight is 270 g/mol. The van der Waals surface area contributed by atoms with E-state index in [9.17, 15) is 4.79 Å². The van der Waals surface area contributed by atoms with Crippen molar-refractivity contribution in [2.24, 2.45) is 5.73 Å². The van der Waals surface area contributed by atoms with Crippen molar-refractivity contribution < 1.29 is 9.53 Å². The largest absolute Gasteiger partial charge is 0.490 e. The van der Waals surface area contributed by atoms with Crippen molar-refractivity contribution in [3.63, 3.8) is 0 Å². The van der Waals surface area contributed by atoms with Gasteiger partial charge in [-0.1, -0.05) is 12.1 Å². The molecular weight excluding hydrogens is 252 g/mol. The van der Waals surface area contributed by atoms with Crippen molar-refractivity contribution >= 4 is 5.78 Å². The molecule has 0 amide bonds. The number of aromatic nitrogens is 1. The molecule has 1 aromatic carbocycles. The zero-order chi connectivity index (χ0) is 14.5. The van der Waals surface area contributed by atoms with Gasteiger partial charge in [0.2, 0.25) is 0 Å². The number of pyridine rings is 1. The molecule has 0 unspecified atom stereocenters. The second-order valence-corrected chi connectivity index (χ2v) is 4.73. The lowest BCUT2D eigenvalue weighted by Gasteiger charge is -2.13. The van der Waals surface area contributed by atoms with E-state index in [1.54, 1.807) is 30.5 Å². The minimum absolute atomic E-state index is 0.0148. The smallest absolute Gasteiger partial charge is 0.196 e. The van der Waals surface area contributed by atoms with E-state index in [1.807, 2.05) is 26.0 Å². The normalized spacial score (nSPS) is 10.6. The van der Waals surface area contributed by atoms with Crippen molar-refractivity contribution in [2.45, 2.75) is 26.5 Å². The molecule has 4 nitrogen and oxygen atoms in total. The fourth-order valence-electron chi connectivity index (χ4n) is 1.90. The molecule has 0 fully saturated rings. The quantitative estimate of drug-likeness (QED) is 0.848. The summed E-state index contributed by atoms with van der Waals surface area (Å²) in [6, 6.07) is 10.7. The summed E-state index contributed by atoms with van der Waals surface area (Å²) in [4.78, 5) is 16.7. The average Bonchev–Trinajstić information content (AvgIpc) is 2.46. The lowest BCUT2D eigenvalue weighted by atomic mass is 10.0. The van der Waals surface area contributed by atoms with Crippen molar-refractivity contribution in [3.05, 3.63) is 59.4 Å². The Morgan fingerprint density at radius 3 is 2.75 bits per heavy atom. The summed E-state index contributed by atoms with van der Waals surface area (Å²) in [5.74, 6) is 0.511. The van der Waals surface area contributed by atoms with Gasteiger partial charge in [0, 0.05) is 18.3 Å². The standard InChI is InChI=1S/C16H18N2O2/c1-11(2)20-15-6-4-3-5-14(15)16(19)12-7-8-18-13(9-12)10-17/h3-9,11H,10,17H2,1-2H3. The maximum Gasteiger partial charge on any atom is 0.196 e. The minimum Gasteiger partial charge on any atom is -0.490 e. The predicted molar refractivity (Wildman–Crippen MR) is 77.8 cm³/mol. The Labute approximate surface area is 118 Å². The maximum absolute atomic E-state index is 12.6. The highest BCUT2D eigenvalue weighted by molar-refractivity contribution is 6.10. The van der Waals surface area contributed by atoms with Crippen LogP contribution in [-0.2, 0) is 6.54 Å². The van der Waals surface area contributed by atoms with Crippen LogP contribution in [-0.4, -0.2) is 16.9 Å². The van der Waals surface area contributed by atoms with Gasteiger partial charge in [-0.25, -0.2) is 0 Å². The Morgan fingerprint density at radius 1 is 1.30 bits per heavy atom. The molecule has 0 saturated carbocycles. The minimum atomic E-state index is -0.0849. The van der Waals surface area contributed by atoms with Crippen LogP contribution in [0.5, 0.6) is 5.75 Å². The van der Waals surface area contributed by atoms with Crippen LogP contribution < -0.4 is 10.5 Å². The van der Waals surface area contributed by atoms with Crippen LogP contribution in [0.4, 0.5) is 0 Å². The summed E-state index contributed by atoms with van der Waals surface area (Å²) in [6.07, 6.45) is 1.61. The summed E-state index contributed by atoms with van der Waals surface area (Å²) in [7, 11) is 0. The first-order valence-corrected chi connectivity index (χ1v) is 6.57. The third-order valence-corrected chi connectivity index (χ3v) is 2.78. The molecule has 0 aliphatic rings. The zero-order valence-corrected chi connectivity index (χ0v) is 11.7. The van der Waals surface area contributed by atoms with Crippen LogP contribution in [0.25, 0.3) is 0 Å². The highest BCUT2D eigenvalue weighted by atomic mass is 16.5. The van der Waals surface area contributed by atoms with Crippen molar-refractivity contribution in [2.75, 3.05) is 0 Å². The van der Waals surface area contributed by atoms with Gasteiger partial charge in [0.1, 0.15) is 5.75 Å². The summed E-state index contributed by atoms with van der Waals surface area (Å²) in [6.45, 7) is 4.17. The molecule has 1 heterocycles. The lowest BCUT2D eigenvalue weighted by Crippen LogP contribution is -2.11. The monoisotopic (exact) mass is 270 g/mol. The molecule has 0 spiro atoms. The van der Waals surface area contributed by atoms with Gasteiger partial charge in [-0.05, 0) is 38.1 Å². The summed E-state index contributed by atoms with van der Waals surface area (Å²) >= 11 is 0. The van der Waals surface area contributed by atoms with Crippen LogP contribution in [0.2, 0.25) is 0 Å². The van der Waals surface area contributed by atoms with Crippen molar-refractivity contribution in [1.82, 2.24) is 4.98 Å². The molecule has 104 valence electrons. The first-order valence-electron chi connectivity index (χ1n) is 6.57. The molecule has 2 aromatic rings. The second kappa shape index (κ2) is 6.30. The van der Waals surface area contributed by atoms with Gasteiger partial charge >= 0.3 is 0 Å². The van der Waals surface area contributed by atoms with Gasteiger partial charge < -0.3 is 10.5 Å². The highest BCUT2D eigenvalue weighted by Crippen LogP contribution is 2.22. The fourth-order valence-corrected chi connectivity index (χ4v) is 1.90. The van der Waals surface area contributed by atoms with Gasteiger partial charge in [-0.2, -0.15) is 0 Å². The molecule has 0 bridgehead atoms. The number of ketones is 1. The van der Waals surface area contributed by atoms with Crippen molar-refractivity contribution in [3.8, 4) is 5.75 Å². The Bertz CT molecular complexity index is 609. The molecule has 2 rings (SSSR count). The molecule has 0 atom stereocenters. The van der Waals surface area contributed by atoms with E-state index >= 15 is 0 Å². The van der Waals surface area contributed by atoms with Crippen LogP contribution >= 0.6 is 0 Å². The topological polar surface area (TPSA) is 65.2 Å². The van der Waals surface area contributed by atoms with Gasteiger partial charge in [-0.15, -0.1) is 0 Å². The number of benzene rings is 1. The molecular formula is C16H18N2O2. The number of nitrogens with zero attached hydrogens (tertiary/aromatic N) is 1. The summed E-state index contributed by atoms with van der Waals surface area (Å²) < 4.78 is 5.68. The fraction of sp³-hybridized carbons (Fsp3) is 0.250. The first-order chi connectivity index (χ1) is 9.61. The number of carbonyl (C=O) groups is 1. The number of rotatable bonds is 5. The van der Waals surface area contributed by atoms with E-state index in [2.05, 4.69) is 4.98 Å². The number of ether oxygens (including phenoxy) is 1. The molecule has 0 saturated heterocycles. The lowest BCUT2D eigenvalue weighted by molar-refractivity contribution is 0.103. The second-order valence-electron chi connectivity index (χ2n) is 4.73. The number of nitrogens with two attached hydrogens (primary N) is 1. The van der Waals surface area contributed by atoms with E-state index in [-0.39, 0.29) is 11.9 Å². The number of hydrogen-bond donors (Lipinski definition) is 1. The Kier molecular flexibility index (Phi) is 4.48. The van der Waals surface area contributed by atoms with Crippen LogP contribution in [0.15, 0.2) is 42.6 Å². The Morgan fingerprint density at radius 2 is 2.05 bits per heavy atom. The van der Waals surface area contributed by atoms with E-state index < -0.39 is 0 Å².